The minimum Gasteiger partial charge on any atom is -0.462 e. The molecule has 34 heavy (non-hydrogen) atoms. The molecule has 2 atom stereocenters. The number of esters is 1. The summed E-state index contributed by atoms with van der Waals surface area (Å²) in [6, 6.07) is 20.1. The van der Waals surface area contributed by atoms with Crippen LogP contribution in [0.5, 0.6) is 0 Å². The molecule has 0 spiro atoms. The molecule has 3 aromatic carbocycles. The van der Waals surface area contributed by atoms with Crippen molar-refractivity contribution in [3.05, 3.63) is 99.6 Å². The molecule has 0 aromatic heterocycles. The maximum absolute atomic E-state index is 13.9. The van der Waals surface area contributed by atoms with Gasteiger partial charge in [0, 0.05) is 5.92 Å². The Hall–Kier alpha value is -3.15. The van der Waals surface area contributed by atoms with E-state index in [0.29, 0.717) is 0 Å². The molecular formula is C27H19Cl2NO4. The number of carbonyl (C=O) groups is 3. The summed E-state index contributed by atoms with van der Waals surface area (Å²) in [5.74, 6) is -3.01. The van der Waals surface area contributed by atoms with Crippen LogP contribution in [-0.4, -0.2) is 24.4 Å². The van der Waals surface area contributed by atoms with Crippen molar-refractivity contribution in [1.82, 2.24) is 0 Å². The van der Waals surface area contributed by atoms with Gasteiger partial charge < -0.3 is 4.74 Å². The second-order valence-electron chi connectivity index (χ2n) is 8.76. The van der Waals surface area contributed by atoms with Gasteiger partial charge in [-0.2, -0.15) is 0 Å². The monoisotopic (exact) mass is 491 g/mol. The zero-order chi connectivity index (χ0) is 23.8. The molecule has 7 rings (SSSR count). The van der Waals surface area contributed by atoms with Crippen molar-refractivity contribution in [1.29, 1.82) is 0 Å². The average Bonchev–Trinajstić information content (AvgIpc) is 3.11. The van der Waals surface area contributed by atoms with Gasteiger partial charge in [-0.05, 0) is 47.4 Å². The maximum atomic E-state index is 13.9. The molecule has 1 aliphatic heterocycles. The molecule has 1 heterocycles. The maximum Gasteiger partial charge on any atom is 0.339 e. The Bertz CT molecular complexity index is 1350. The number of amides is 2. The fourth-order valence-corrected chi connectivity index (χ4v) is 6.72. The smallest absolute Gasteiger partial charge is 0.339 e. The van der Waals surface area contributed by atoms with Crippen molar-refractivity contribution in [3.8, 4) is 0 Å². The highest BCUT2D eigenvalue weighted by molar-refractivity contribution is 6.35. The van der Waals surface area contributed by atoms with Gasteiger partial charge in [-0.3, -0.25) is 9.59 Å². The topological polar surface area (TPSA) is 63.7 Å². The van der Waals surface area contributed by atoms with Crippen molar-refractivity contribution in [2.45, 2.75) is 17.7 Å². The van der Waals surface area contributed by atoms with Gasteiger partial charge in [0.25, 0.3) is 0 Å². The molecule has 0 saturated carbocycles. The lowest BCUT2D eigenvalue weighted by Gasteiger charge is -2.50. The van der Waals surface area contributed by atoms with Crippen LogP contribution in [0, 0.1) is 11.8 Å². The van der Waals surface area contributed by atoms with Crippen LogP contribution in [0.15, 0.2) is 66.7 Å². The second kappa shape index (κ2) is 7.42. The second-order valence-corrected chi connectivity index (χ2v) is 9.77. The van der Waals surface area contributed by atoms with Gasteiger partial charge in [0.1, 0.15) is 4.87 Å². The lowest BCUT2D eigenvalue weighted by molar-refractivity contribution is -0.122. The molecule has 2 amide bonds. The van der Waals surface area contributed by atoms with E-state index in [1.807, 2.05) is 48.5 Å². The van der Waals surface area contributed by atoms with Gasteiger partial charge in [-0.1, -0.05) is 60.1 Å². The molecule has 3 aliphatic carbocycles. The van der Waals surface area contributed by atoms with Crippen LogP contribution in [0.3, 0.4) is 0 Å². The molecule has 3 aromatic rings. The third kappa shape index (κ3) is 2.60. The van der Waals surface area contributed by atoms with Crippen LogP contribution in [0.4, 0.5) is 5.69 Å². The molecule has 4 aliphatic rings. The van der Waals surface area contributed by atoms with Crippen LogP contribution in [0.2, 0.25) is 5.02 Å². The fraction of sp³-hybridized carbons (Fsp3) is 0.222. The first-order valence-electron chi connectivity index (χ1n) is 11.1. The molecule has 0 unspecified atom stereocenters. The van der Waals surface area contributed by atoms with E-state index in [9.17, 15) is 14.4 Å². The van der Waals surface area contributed by atoms with Crippen LogP contribution < -0.4 is 4.90 Å². The standard InChI is InChI=1S/C27H19Cl2NO4/c1-2-34-26(33)17-13-14(11-12-20(17)28)30-24(31)22-21-15-7-3-5-9-18(15)27(29,23(22)25(30)32)19-10-6-4-8-16(19)21/h3-13,21-23H,2H2,1H3/t21?,22-,23-,27?/m1/s1. The summed E-state index contributed by atoms with van der Waals surface area (Å²) in [6.07, 6.45) is 0. The number of halogens is 2. The zero-order valence-electron chi connectivity index (χ0n) is 18.1. The summed E-state index contributed by atoms with van der Waals surface area (Å²) < 4.78 is 5.09. The Balaban J connectivity index is 1.52. The van der Waals surface area contributed by atoms with Crippen molar-refractivity contribution >= 4 is 46.7 Å². The summed E-state index contributed by atoms with van der Waals surface area (Å²) >= 11 is 13.6. The van der Waals surface area contributed by atoms with E-state index in [1.165, 1.54) is 12.1 Å². The van der Waals surface area contributed by atoms with Gasteiger partial charge in [0.05, 0.1) is 34.7 Å². The minimum atomic E-state index is -1.16. The Morgan fingerprint density at radius 3 is 2.21 bits per heavy atom. The third-order valence-corrected chi connectivity index (χ3v) is 8.19. The van der Waals surface area contributed by atoms with Crippen molar-refractivity contribution in [2.24, 2.45) is 11.8 Å². The summed E-state index contributed by atoms with van der Waals surface area (Å²) in [6.45, 7) is 1.87. The van der Waals surface area contributed by atoms with Gasteiger partial charge in [0.2, 0.25) is 11.8 Å². The quantitative estimate of drug-likeness (QED) is 0.284. The summed E-state index contributed by atoms with van der Waals surface area (Å²) in [5, 5.41) is 0.187. The first-order valence-corrected chi connectivity index (χ1v) is 11.9. The average molecular weight is 492 g/mol. The van der Waals surface area contributed by atoms with Gasteiger partial charge in [0.15, 0.2) is 0 Å². The molecule has 7 heteroatoms. The summed E-state index contributed by atoms with van der Waals surface area (Å²) in [5.41, 5.74) is 4.07. The largest absolute Gasteiger partial charge is 0.462 e. The number of alkyl halides is 1. The van der Waals surface area contributed by atoms with Crippen LogP contribution >= 0.6 is 23.2 Å². The molecule has 1 saturated heterocycles. The highest BCUT2D eigenvalue weighted by atomic mass is 35.5. The number of benzene rings is 3. The molecule has 2 bridgehead atoms. The molecule has 5 nitrogen and oxygen atoms in total. The normalized spacial score (nSPS) is 26.2. The van der Waals surface area contributed by atoms with E-state index in [2.05, 4.69) is 0 Å². The van der Waals surface area contributed by atoms with Gasteiger partial charge in [-0.25, -0.2) is 9.69 Å². The number of imide groups is 1. The van der Waals surface area contributed by atoms with E-state index in [1.54, 1.807) is 13.0 Å². The molecule has 0 radical (unpaired) electrons. The van der Waals surface area contributed by atoms with E-state index in [-0.39, 0.29) is 40.6 Å². The fourth-order valence-electron chi connectivity index (χ4n) is 5.95. The molecule has 1 fully saturated rings. The molecule has 170 valence electrons. The predicted octanol–water partition coefficient (Wildman–Crippen LogP) is 5.26. The number of nitrogens with zero attached hydrogens (tertiary/aromatic N) is 1. The van der Waals surface area contributed by atoms with E-state index in [0.717, 1.165) is 27.2 Å². The lowest BCUT2D eigenvalue weighted by atomic mass is 9.54. The Labute approximate surface area is 206 Å². The van der Waals surface area contributed by atoms with E-state index >= 15 is 0 Å². The van der Waals surface area contributed by atoms with Crippen LogP contribution in [-0.2, 0) is 19.2 Å². The number of ether oxygens (including phenoxy) is 1. The van der Waals surface area contributed by atoms with Crippen molar-refractivity contribution < 1.29 is 19.1 Å². The van der Waals surface area contributed by atoms with Crippen LogP contribution in [0.1, 0.15) is 45.5 Å². The number of anilines is 1. The Morgan fingerprint density at radius 1 is 0.971 bits per heavy atom. The highest BCUT2D eigenvalue weighted by Crippen LogP contribution is 2.65. The Morgan fingerprint density at radius 2 is 1.59 bits per heavy atom. The lowest BCUT2D eigenvalue weighted by Crippen LogP contribution is -2.50. The summed E-state index contributed by atoms with van der Waals surface area (Å²) in [4.78, 5) is 40.2. The zero-order valence-corrected chi connectivity index (χ0v) is 19.6. The molecular weight excluding hydrogens is 473 g/mol. The van der Waals surface area contributed by atoms with Gasteiger partial charge >= 0.3 is 5.97 Å². The Kier molecular flexibility index (Phi) is 4.67. The number of carbonyl (C=O) groups excluding carboxylic acids is 3. The van der Waals surface area contributed by atoms with Crippen molar-refractivity contribution in [2.75, 3.05) is 11.5 Å². The van der Waals surface area contributed by atoms with E-state index < -0.39 is 22.7 Å². The minimum absolute atomic E-state index is 0.103. The van der Waals surface area contributed by atoms with Crippen molar-refractivity contribution in [3.63, 3.8) is 0 Å². The third-order valence-electron chi connectivity index (χ3n) is 7.22. The number of hydrogen-bond acceptors (Lipinski definition) is 4. The molecule has 0 N–H and O–H groups in total. The first-order chi connectivity index (χ1) is 16.4. The highest BCUT2D eigenvalue weighted by Gasteiger charge is 2.68. The SMILES string of the molecule is CCOC(=O)c1cc(N2C(=O)[C@@H]3C4c5ccccc5C(Cl)(c5ccccc54)[C@H]3C2=O)ccc1Cl. The number of hydrogen-bond donors (Lipinski definition) is 0. The van der Waals surface area contributed by atoms with E-state index in [4.69, 9.17) is 27.9 Å². The summed E-state index contributed by atoms with van der Waals surface area (Å²) in [7, 11) is 0. The number of rotatable bonds is 3. The predicted molar refractivity (Wildman–Crippen MR) is 128 cm³/mol. The van der Waals surface area contributed by atoms with Gasteiger partial charge in [-0.15, -0.1) is 11.6 Å². The first kappa shape index (κ1) is 21.4. The van der Waals surface area contributed by atoms with Crippen LogP contribution in [0.25, 0.3) is 0 Å².